The van der Waals surface area contributed by atoms with Gasteiger partial charge in [0.2, 0.25) is 0 Å². The third kappa shape index (κ3) is 5.29. The van der Waals surface area contributed by atoms with Crippen molar-refractivity contribution in [3.8, 4) is 17.3 Å². The van der Waals surface area contributed by atoms with Crippen LogP contribution in [0.4, 0.5) is 22.0 Å². The number of imidazole rings is 1. The number of fused-ring (bicyclic) bond motifs is 2. The number of nitrogens with one attached hydrogen (secondary N) is 3. The van der Waals surface area contributed by atoms with Crippen molar-refractivity contribution >= 4 is 45.1 Å². The summed E-state index contributed by atoms with van der Waals surface area (Å²) < 4.78 is 2.19. The summed E-state index contributed by atoms with van der Waals surface area (Å²) in [5.74, 6) is 1.50. The van der Waals surface area contributed by atoms with Gasteiger partial charge >= 0.3 is 6.03 Å². The highest BCUT2D eigenvalue weighted by molar-refractivity contribution is 6.11. The van der Waals surface area contributed by atoms with Crippen LogP contribution in [0.5, 0.6) is 0 Å². The second-order valence-electron chi connectivity index (χ2n) is 11.2. The van der Waals surface area contributed by atoms with Crippen LogP contribution in [0.2, 0.25) is 0 Å². The molecule has 2 heterocycles. The Labute approximate surface area is 250 Å². The summed E-state index contributed by atoms with van der Waals surface area (Å²) >= 11 is 0. The standard InChI is InChI=1S/C34H34N8O/c1-20(2)33-41-30(31-32(36)38-19-29(42(31)33)22-11-13-23(37-3)14-12-22)27-15-16-28(26-10-5-4-9-25(26)27)40-34(43)39-24-8-6-7-21(17-24)18-35/h4-11,15-17,19-20,23,37H,12-14H2,1-3H3,(H2,36,38)(H2,39,40,43). The molecule has 0 saturated carbocycles. The lowest BCUT2D eigenvalue weighted by Gasteiger charge is -2.22. The molecule has 9 nitrogen and oxygen atoms in total. The van der Waals surface area contributed by atoms with Crippen LogP contribution in [0.25, 0.3) is 33.1 Å². The Morgan fingerprint density at radius 1 is 1.09 bits per heavy atom. The van der Waals surface area contributed by atoms with Crippen molar-refractivity contribution < 1.29 is 4.79 Å². The van der Waals surface area contributed by atoms with E-state index in [1.807, 2.05) is 49.6 Å². The number of rotatable bonds is 6. The number of hydrogen-bond donors (Lipinski definition) is 4. The number of benzene rings is 3. The van der Waals surface area contributed by atoms with Crippen molar-refractivity contribution in [2.24, 2.45) is 0 Å². The second-order valence-corrected chi connectivity index (χ2v) is 11.2. The smallest absolute Gasteiger partial charge is 0.323 e. The number of urea groups is 1. The van der Waals surface area contributed by atoms with Crippen molar-refractivity contribution in [3.05, 3.63) is 90.0 Å². The van der Waals surface area contributed by atoms with Gasteiger partial charge in [-0.3, -0.25) is 4.40 Å². The molecule has 1 aliphatic rings. The minimum absolute atomic E-state index is 0.145. The Hall–Kier alpha value is -5.20. The van der Waals surface area contributed by atoms with E-state index in [1.165, 1.54) is 5.57 Å². The highest BCUT2D eigenvalue weighted by atomic mass is 16.2. The lowest BCUT2D eigenvalue weighted by atomic mass is 9.93. The van der Waals surface area contributed by atoms with E-state index in [4.69, 9.17) is 10.7 Å². The number of anilines is 3. The molecule has 216 valence electrons. The molecular formula is C34H34N8O. The van der Waals surface area contributed by atoms with Gasteiger partial charge in [0.25, 0.3) is 0 Å². The van der Waals surface area contributed by atoms with Crippen LogP contribution >= 0.6 is 0 Å². The first kappa shape index (κ1) is 27.9. The van der Waals surface area contributed by atoms with Gasteiger partial charge in [0.05, 0.1) is 29.2 Å². The Balaban J connectivity index is 1.44. The van der Waals surface area contributed by atoms with E-state index in [1.54, 1.807) is 24.3 Å². The van der Waals surface area contributed by atoms with E-state index < -0.39 is 6.03 Å². The number of amides is 2. The lowest BCUT2D eigenvalue weighted by Crippen LogP contribution is -2.26. The molecule has 5 N–H and O–H groups in total. The molecule has 0 bridgehead atoms. The molecule has 0 aliphatic heterocycles. The number of nitrogen functional groups attached to an aromatic ring is 1. The highest BCUT2D eigenvalue weighted by Gasteiger charge is 2.25. The van der Waals surface area contributed by atoms with Gasteiger partial charge < -0.3 is 21.7 Å². The number of carbonyl (C=O) groups excluding carboxylic acids is 1. The van der Waals surface area contributed by atoms with E-state index >= 15 is 0 Å². The van der Waals surface area contributed by atoms with Gasteiger partial charge in [0.15, 0.2) is 0 Å². The maximum atomic E-state index is 13.0. The van der Waals surface area contributed by atoms with Gasteiger partial charge in [0, 0.05) is 28.6 Å². The Bertz CT molecular complexity index is 1930. The molecule has 43 heavy (non-hydrogen) atoms. The van der Waals surface area contributed by atoms with Crippen molar-refractivity contribution in [1.82, 2.24) is 19.7 Å². The normalized spacial score (nSPS) is 15.0. The van der Waals surface area contributed by atoms with E-state index in [2.05, 4.69) is 51.3 Å². The minimum atomic E-state index is -0.401. The van der Waals surface area contributed by atoms with Crippen molar-refractivity contribution in [2.75, 3.05) is 23.4 Å². The van der Waals surface area contributed by atoms with Crippen LogP contribution in [-0.4, -0.2) is 33.5 Å². The SMILES string of the molecule is CNC1CC=C(c2cnc(N)c3c(-c4ccc(NC(=O)Nc5cccc(C#N)c5)c5ccccc45)nc(C(C)C)n23)CC1. The summed E-state index contributed by atoms with van der Waals surface area (Å²) in [5, 5.41) is 20.2. The number of aromatic nitrogens is 3. The average Bonchev–Trinajstić information content (AvgIpc) is 3.43. The highest BCUT2D eigenvalue weighted by Crippen LogP contribution is 2.39. The molecule has 0 saturated heterocycles. The Morgan fingerprint density at radius 2 is 1.91 bits per heavy atom. The van der Waals surface area contributed by atoms with Crippen molar-refractivity contribution in [1.29, 1.82) is 5.26 Å². The fourth-order valence-electron chi connectivity index (χ4n) is 5.86. The van der Waals surface area contributed by atoms with Crippen LogP contribution in [0.15, 0.2) is 72.9 Å². The third-order valence-corrected chi connectivity index (χ3v) is 8.05. The van der Waals surface area contributed by atoms with Crippen molar-refractivity contribution in [3.63, 3.8) is 0 Å². The molecule has 0 radical (unpaired) electrons. The third-order valence-electron chi connectivity index (χ3n) is 8.05. The van der Waals surface area contributed by atoms with Gasteiger partial charge in [-0.25, -0.2) is 14.8 Å². The number of carbonyl (C=O) groups is 1. The number of nitriles is 1. The number of nitrogens with zero attached hydrogens (tertiary/aromatic N) is 4. The van der Waals surface area contributed by atoms with Crippen LogP contribution < -0.4 is 21.7 Å². The first-order valence-corrected chi connectivity index (χ1v) is 14.5. The Kier molecular flexibility index (Phi) is 7.53. The predicted molar refractivity (Wildman–Crippen MR) is 173 cm³/mol. The molecule has 1 aliphatic carbocycles. The topological polar surface area (TPSA) is 133 Å². The quantitative estimate of drug-likeness (QED) is 0.175. The van der Waals surface area contributed by atoms with Gasteiger partial charge in [-0.1, -0.05) is 56.3 Å². The average molecular weight is 571 g/mol. The summed E-state index contributed by atoms with van der Waals surface area (Å²) in [5.41, 5.74) is 13.0. The van der Waals surface area contributed by atoms with E-state index in [-0.39, 0.29) is 5.92 Å². The van der Waals surface area contributed by atoms with Gasteiger partial charge in [-0.2, -0.15) is 5.26 Å². The fourth-order valence-corrected chi connectivity index (χ4v) is 5.86. The van der Waals surface area contributed by atoms with E-state index in [0.717, 1.165) is 58.3 Å². The fraction of sp³-hybridized carbons (Fsp3) is 0.235. The summed E-state index contributed by atoms with van der Waals surface area (Å²) in [6.07, 6.45) is 7.15. The summed E-state index contributed by atoms with van der Waals surface area (Å²) in [6.45, 7) is 4.28. The number of hydrogen-bond acceptors (Lipinski definition) is 6. The maximum absolute atomic E-state index is 13.0. The zero-order valence-electron chi connectivity index (χ0n) is 24.5. The molecule has 1 atom stereocenters. The van der Waals surface area contributed by atoms with Gasteiger partial charge in [0.1, 0.15) is 22.9 Å². The molecule has 6 rings (SSSR count). The monoisotopic (exact) mass is 570 g/mol. The molecular weight excluding hydrogens is 536 g/mol. The molecule has 2 aromatic heterocycles. The molecule has 0 spiro atoms. The Morgan fingerprint density at radius 3 is 2.63 bits per heavy atom. The minimum Gasteiger partial charge on any atom is -0.382 e. The second kappa shape index (κ2) is 11.6. The van der Waals surface area contributed by atoms with Crippen LogP contribution in [-0.2, 0) is 0 Å². The zero-order chi connectivity index (χ0) is 30.1. The van der Waals surface area contributed by atoms with Crippen LogP contribution in [0.3, 0.4) is 0 Å². The van der Waals surface area contributed by atoms with E-state index in [9.17, 15) is 10.1 Å². The number of nitrogens with two attached hydrogens (primary N) is 1. The maximum Gasteiger partial charge on any atom is 0.323 e. The molecule has 2 amide bonds. The summed E-state index contributed by atoms with van der Waals surface area (Å²) in [7, 11) is 2.01. The zero-order valence-corrected chi connectivity index (χ0v) is 24.5. The summed E-state index contributed by atoms with van der Waals surface area (Å²) in [6, 6.07) is 20.7. The largest absolute Gasteiger partial charge is 0.382 e. The predicted octanol–water partition coefficient (Wildman–Crippen LogP) is 6.93. The summed E-state index contributed by atoms with van der Waals surface area (Å²) in [4.78, 5) is 22.8. The molecule has 0 fully saturated rings. The van der Waals surface area contributed by atoms with E-state index in [0.29, 0.717) is 28.8 Å². The molecule has 3 aromatic carbocycles. The lowest BCUT2D eigenvalue weighted by molar-refractivity contribution is 0.262. The molecule has 9 heteroatoms. The van der Waals surface area contributed by atoms with Crippen LogP contribution in [0.1, 0.15) is 56.1 Å². The van der Waals surface area contributed by atoms with Crippen molar-refractivity contribution in [2.45, 2.75) is 45.1 Å². The van der Waals surface area contributed by atoms with Crippen LogP contribution in [0, 0.1) is 11.3 Å². The first-order chi connectivity index (χ1) is 20.9. The van der Waals surface area contributed by atoms with Gasteiger partial charge in [-0.05, 0) is 61.5 Å². The first-order valence-electron chi connectivity index (χ1n) is 14.5. The number of allylic oxidation sites excluding steroid dienone is 1. The van der Waals surface area contributed by atoms with Gasteiger partial charge in [-0.15, -0.1) is 0 Å². The molecule has 5 aromatic rings. The molecule has 1 unspecified atom stereocenters.